The van der Waals surface area contributed by atoms with Gasteiger partial charge in [0, 0.05) is 30.5 Å². The van der Waals surface area contributed by atoms with E-state index in [1.165, 1.54) is 6.42 Å². The van der Waals surface area contributed by atoms with Gasteiger partial charge in [0.25, 0.3) is 0 Å². The third-order valence-electron chi connectivity index (χ3n) is 5.19. The first-order valence-corrected chi connectivity index (χ1v) is 7.99. The predicted octanol–water partition coefficient (Wildman–Crippen LogP) is 2.68. The van der Waals surface area contributed by atoms with E-state index in [0.29, 0.717) is 30.2 Å². The lowest BCUT2D eigenvalue weighted by molar-refractivity contribution is -0.150. The monoisotopic (exact) mass is 300 g/mol. The second-order valence-electron chi connectivity index (χ2n) is 6.98. The summed E-state index contributed by atoms with van der Waals surface area (Å²) in [6, 6.07) is 10.0. The van der Waals surface area contributed by atoms with Crippen LogP contribution in [-0.4, -0.2) is 43.9 Å². The highest BCUT2D eigenvalue weighted by molar-refractivity contribution is 5.36. The summed E-state index contributed by atoms with van der Waals surface area (Å²) in [7, 11) is 2.18. The predicted molar refractivity (Wildman–Crippen MR) is 84.7 cm³/mol. The molecule has 2 fully saturated rings. The largest absolute Gasteiger partial charge is 0.492 e. The van der Waals surface area contributed by atoms with Gasteiger partial charge in [-0.3, -0.25) is 4.90 Å². The Bertz CT molecular complexity index is 579. The van der Waals surface area contributed by atoms with Crippen LogP contribution in [0.5, 0.6) is 5.75 Å². The highest BCUT2D eigenvalue weighted by atomic mass is 16.5. The van der Waals surface area contributed by atoms with Crippen LogP contribution >= 0.6 is 0 Å². The van der Waals surface area contributed by atoms with E-state index in [1.54, 1.807) is 12.1 Å². The van der Waals surface area contributed by atoms with Crippen molar-refractivity contribution in [3.05, 3.63) is 29.8 Å². The molecule has 0 aromatic heterocycles. The molecule has 1 aromatic carbocycles. The van der Waals surface area contributed by atoms with E-state index in [4.69, 9.17) is 14.7 Å². The average molecular weight is 300 g/mol. The molecule has 1 saturated heterocycles. The fourth-order valence-corrected chi connectivity index (χ4v) is 4.29. The van der Waals surface area contributed by atoms with E-state index < -0.39 is 0 Å². The number of ether oxygens (including phenoxy) is 2. The zero-order valence-corrected chi connectivity index (χ0v) is 13.6. The van der Waals surface area contributed by atoms with Gasteiger partial charge in [-0.2, -0.15) is 5.26 Å². The number of nitrogens with zero attached hydrogens (tertiary/aromatic N) is 2. The Hall–Kier alpha value is -1.57. The van der Waals surface area contributed by atoms with Gasteiger partial charge in [-0.15, -0.1) is 0 Å². The number of benzene rings is 1. The fraction of sp³-hybridized carbons (Fsp3) is 0.611. The minimum absolute atomic E-state index is 0.219. The van der Waals surface area contributed by atoms with Crippen molar-refractivity contribution in [2.75, 3.05) is 26.8 Å². The molecule has 0 N–H and O–H groups in total. The van der Waals surface area contributed by atoms with Crippen LogP contribution in [0.1, 0.15) is 25.8 Å². The molecule has 3 rings (SSSR count). The zero-order valence-electron chi connectivity index (χ0n) is 13.6. The molecule has 4 nitrogen and oxygen atoms in total. The third-order valence-corrected chi connectivity index (χ3v) is 5.19. The summed E-state index contributed by atoms with van der Waals surface area (Å²) in [4.78, 5) is 2.41. The van der Waals surface area contributed by atoms with Crippen molar-refractivity contribution in [3.8, 4) is 11.8 Å². The molecule has 0 spiro atoms. The Morgan fingerprint density at radius 1 is 1.45 bits per heavy atom. The van der Waals surface area contributed by atoms with Gasteiger partial charge in [0.1, 0.15) is 12.4 Å². The first-order valence-electron chi connectivity index (χ1n) is 7.99. The molecule has 0 bridgehead atoms. The molecule has 1 aliphatic carbocycles. The smallest absolute Gasteiger partial charge is 0.120 e. The lowest BCUT2D eigenvalue weighted by Gasteiger charge is -2.58. The van der Waals surface area contributed by atoms with E-state index in [1.807, 2.05) is 12.1 Å². The van der Waals surface area contributed by atoms with E-state index in [9.17, 15) is 0 Å². The summed E-state index contributed by atoms with van der Waals surface area (Å²) in [5, 5.41) is 8.91. The minimum atomic E-state index is 0.219. The molecule has 1 heterocycles. The zero-order chi connectivity index (χ0) is 15.7. The summed E-state index contributed by atoms with van der Waals surface area (Å²) >= 11 is 0. The molecule has 118 valence electrons. The lowest BCUT2D eigenvalue weighted by Crippen LogP contribution is -2.66. The molecular weight excluding hydrogens is 276 g/mol. The molecule has 0 radical (unpaired) electrons. The van der Waals surface area contributed by atoms with Crippen molar-refractivity contribution in [1.82, 2.24) is 4.90 Å². The van der Waals surface area contributed by atoms with Crippen LogP contribution < -0.4 is 4.74 Å². The molecule has 22 heavy (non-hydrogen) atoms. The number of hydrogen-bond donors (Lipinski definition) is 0. The summed E-state index contributed by atoms with van der Waals surface area (Å²) < 4.78 is 11.7. The van der Waals surface area contributed by atoms with Crippen LogP contribution in [0.3, 0.4) is 0 Å². The van der Waals surface area contributed by atoms with E-state index >= 15 is 0 Å². The Morgan fingerprint density at radius 3 is 3.05 bits per heavy atom. The maximum Gasteiger partial charge on any atom is 0.120 e. The first kappa shape index (κ1) is 15.3. The van der Waals surface area contributed by atoms with E-state index in [0.717, 1.165) is 18.9 Å². The van der Waals surface area contributed by atoms with Crippen molar-refractivity contribution < 1.29 is 9.47 Å². The minimum Gasteiger partial charge on any atom is -0.492 e. The molecule has 1 aliphatic heterocycles. The number of fused-ring (bicyclic) bond motifs is 1. The Balaban J connectivity index is 1.52. The van der Waals surface area contributed by atoms with Gasteiger partial charge in [0.15, 0.2) is 0 Å². The molecular formula is C18H24N2O2. The molecule has 2 aliphatic rings. The molecule has 3 atom stereocenters. The lowest BCUT2D eigenvalue weighted by atomic mass is 9.57. The molecule has 1 saturated carbocycles. The fourth-order valence-electron chi connectivity index (χ4n) is 4.29. The van der Waals surface area contributed by atoms with Crippen molar-refractivity contribution in [3.63, 3.8) is 0 Å². The summed E-state index contributed by atoms with van der Waals surface area (Å²) in [5.74, 6) is 1.43. The highest BCUT2D eigenvalue weighted by Crippen LogP contribution is 2.54. The average Bonchev–Trinajstić information content (AvgIpc) is 2.93. The maximum atomic E-state index is 8.91. The Labute approximate surface area is 132 Å². The van der Waals surface area contributed by atoms with Gasteiger partial charge in [0.2, 0.25) is 0 Å². The normalized spacial score (nSPS) is 28.8. The molecule has 4 heteroatoms. The van der Waals surface area contributed by atoms with Crippen LogP contribution in [0.25, 0.3) is 0 Å². The van der Waals surface area contributed by atoms with Gasteiger partial charge in [-0.25, -0.2) is 0 Å². The topological polar surface area (TPSA) is 45.5 Å². The SMILES string of the molecule is CN(CCOc1cccc(C#N)c1)[C@@H]1[C@H]2CCO[C@@H]2C1(C)C. The quantitative estimate of drug-likeness (QED) is 0.838. The van der Waals surface area contributed by atoms with Crippen molar-refractivity contribution in [1.29, 1.82) is 5.26 Å². The van der Waals surface area contributed by atoms with E-state index in [-0.39, 0.29) is 5.41 Å². The van der Waals surface area contributed by atoms with E-state index in [2.05, 4.69) is 31.9 Å². The van der Waals surface area contributed by atoms with Crippen molar-refractivity contribution in [2.24, 2.45) is 11.3 Å². The van der Waals surface area contributed by atoms with Crippen LogP contribution in [0.15, 0.2) is 24.3 Å². The molecule has 1 aromatic rings. The van der Waals surface area contributed by atoms with Gasteiger partial charge < -0.3 is 9.47 Å². The number of likely N-dealkylation sites (N-methyl/N-ethyl adjacent to an activating group) is 1. The molecule has 0 unspecified atom stereocenters. The third kappa shape index (κ3) is 2.60. The Morgan fingerprint density at radius 2 is 2.27 bits per heavy atom. The number of nitriles is 1. The van der Waals surface area contributed by atoms with Crippen LogP contribution in [-0.2, 0) is 4.74 Å². The Kier molecular flexibility index (Phi) is 4.12. The number of hydrogen-bond acceptors (Lipinski definition) is 4. The summed E-state index contributed by atoms with van der Waals surface area (Å²) in [6.07, 6.45) is 1.60. The van der Waals surface area contributed by atoms with Gasteiger partial charge >= 0.3 is 0 Å². The molecule has 0 amide bonds. The standard InChI is InChI=1S/C18H24N2O2/c1-18(2)16(15-7-9-22-17(15)18)20(3)8-10-21-14-6-4-5-13(11-14)12-19/h4-6,11,15-17H,7-10H2,1-3H3/t15-,16-,17+/m1/s1. The number of rotatable bonds is 5. The van der Waals surface area contributed by atoms with Crippen LogP contribution in [0.4, 0.5) is 0 Å². The summed E-state index contributed by atoms with van der Waals surface area (Å²) in [5.41, 5.74) is 0.855. The van der Waals surface area contributed by atoms with Gasteiger partial charge in [-0.05, 0) is 31.7 Å². The van der Waals surface area contributed by atoms with Crippen LogP contribution in [0.2, 0.25) is 0 Å². The second kappa shape index (κ2) is 5.91. The van der Waals surface area contributed by atoms with Gasteiger partial charge in [0.05, 0.1) is 17.7 Å². The maximum absolute atomic E-state index is 8.91. The van der Waals surface area contributed by atoms with Crippen LogP contribution in [0, 0.1) is 22.7 Å². The van der Waals surface area contributed by atoms with Crippen molar-refractivity contribution >= 4 is 0 Å². The second-order valence-corrected chi connectivity index (χ2v) is 6.98. The van der Waals surface area contributed by atoms with Gasteiger partial charge in [-0.1, -0.05) is 19.9 Å². The summed E-state index contributed by atoms with van der Waals surface area (Å²) in [6.45, 7) is 7.03. The highest BCUT2D eigenvalue weighted by Gasteiger charge is 2.60. The first-order chi connectivity index (χ1) is 10.5. The van der Waals surface area contributed by atoms with Crippen molar-refractivity contribution in [2.45, 2.75) is 32.4 Å².